The molecule has 8 heteroatoms. The molecule has 0 saturated carbocycles. The van der Waals surface area contributed by atoms with Crippen LogP contribution in [0.5, 0.6) is 5.75 Å². The van der Waals surface area contributed by atoms with Crippen LogP contribution in [0.25, 0.3) is 0 Å². The lowest BCUT2D eigenvalue weighted by molar-refractivity contribution is -0.131. The van der Waals surface area contributed by atoms with Crippen LogP contribution in [-0.2, 0) is 16.0 Å². The van der Waals surface area contributed by atoms with Crippen molar-refractivity contribution in [2.75, 3.05) is 19.0 Å². The fraction of sp³-hybridized carbons (Fsp3) is 0.474. The van der Waals surface area contributed by atoms with Crippen LogP contribution in [0.15, 0.2) is 24.3 Å². The maximum Gasteiger partial charge on any atom is 0.231 e. The normalized spacial score (nSPS) is 17.3. The topological polar surface area (TPSA) is 84.4 Å². The lowest BCUT2D eigenvalue weighted by Crippen LogP contribution is -2.42. The van der Waals surface area contributed by atoms with Crippen molar-refractivity contribution >= 4 is 28.3 Å². The Bertz CT molecular complexity index is 843. The Labute approximate surface area is 162 Å². The molecule has 144 valence electrons. The molecule has 1 aliphatic rings. The molecule has 7 nitrogen and oxygen atoms in total. The predicted octanol–water partition coefficient (Wildman–Crippen LogP) is 2.72. The number of carbonyl (C=O) groups excluding carboxylic acids is 2. The van der Waals surface area contributed by atoms with Crippen molar-refractivity contribution in [1.29, 1.82) is 0 Å². The number of amides is 2. The van der Waals surface area contributed by atoms with E-state index in [1.165, 1.54) is 11.3 Å². The van der Waals surface area contributed by atoms with E-state index in [1.807, 2.05) is 45.0 Å². The van der Waals surface area contributed by atoms with Crippen molar-refractivity contribution in [3.63, 3.8) is 0 Å². The van der Waals surface area contributed by atoms with Crippen LogP contribution >= 0.6 is 11.3 Å². The molecule has 1 N–H and O–H groups in total. The van der Waals surface area contributed by atoms with E-state index in [2.05, 4.69) is 15.5 Å². The number of para-hydroxylation sites is 1. The highest BCUT2D eigenvalue weighted by Gasteiger charge is 2.39. The van der Waals surface area contributed by atoms with Crippen LogP contribution in [-0.4, -0.2) is 46.1 Å². The highest BCUT2D eigenvalue weighted by Crippen LogP contribution is 2.28. The first-order chi connectivity index (χ1) is 12.8. The van der Waals surface area contributed by atoms with Gasteiger partial charge in [0.15, 0.2) is 0 Å². The van der Waals surface area contributed by atoms with Gasteiger partial charge >= 0.3 is 0 Å². The monoisotopic (exact) mass is 388 g/mol. The SMILES string of the molecule is COc1ccccc1Cc1nnc(NC(=O)[C@H]2CC(=O)N(C(C)(C)C)C2)s1. The Balaban J connectivity index is 1.63. The summed E-state index contributed by atoms with van der Waals surface area (Å²) in [6, 6.07) is 7.73. The number of anilines is 1. The third-order valence-electron chi connectivity index (χ3n) is 4.54. The molecule has 2 aromatic rings. The van der Waals surface area contributed by atoms with Gasteiger partial charge < -0.3 is 15.0 Å². The highest BCUT2D eigenvalue weighted by atomic mass is 32.1. The first-order valence-corrected chi connectivity index (χ1v) is 9.65. The van der Waals surface area contributed by atoms with Crippen molar-refractivity contribution < 1.29 is 14.3 Å². The molecule has 1 aliphatic heterocycles. The van der Waals surface area contributed by atoms with Gasteiger partial charge in [0.1, 0.15) is 10.8 Å². The van der Waals surface area contributed by atoms with Crippen LogP contribution < -0.4 is 10.1 Å². The van der Waals surface area contributed by atoms with E-state index in [9.17, 15) is 9.59 Å². The Kier molecular flexibility index (Phi) is 5.46. The van der Waals surface area contributed by atoms with Crippen molar-refractivity contribution in [2.45, 2.75) is 39.2 Å². The summed E-state index contributed by atoms with van der Waals surface area (Å²) < 4.78 is 5.35. The molecular weight excluding hydrogens is 364 g/mol. The van der Waals surface area contributed by atoms with Gasteiger partial charge in [-0.05, 0) is 26.8 Å². The average Bonchev–Trinajstić information content (AvgIpc) is 3.21. The van der Waals surface area contributed by atoms with Crippen LogP contribution in [0.3, 0.4) is 0 Å². The molecule has 0 bridgehead atoms. The molecule has 0 radical (unpaired) electrons. The number of aromatic nitrogens is 2. The highest BCUT2D eigenvalue weighted by molar-refractivity contribution is 7.15. The fourth-order valence-corrected chi connectivity index (χ4v) is 3.89. The van der Waals surface area contributed by atoms with Gasteiger partial charge in [-0.25, -0.2) is 0 Å². The molecule has 1 fully saturated rings. The summed E-state index contributed by atoms with van der Waals surface area (Å²) in [5.41, 5.74) is 0.729. The Morgan fingerprint density at radius 1 is 1.33 bits per heavy atom. The van der Waals surface area contributed by atoms with E-state index in [1.54, 1.807) is 12.0 Å². The zero-order chi connectivity index (χ0) is 19.6. The van der Waals surface area contributed by atoms with Gasteiger partial charge in [0.2, 0.25) is 16.9 Å². The molecule has 2 amide bonds. The van der Waals surface area contributed by atoms with Gasteiger partial charge in [0.05, 0.1) is 13.0 Å². The summed E-state index contributed by atoms with van der Waals surface area (Å²) in [5.74, 6) is 0.259. The summed E-state index contributed by atoms with van der Waals surface area (Å²) in [6.07, 6.45) is 0.813. The molecule has 1 atom stereocenters. The molecule has 1 aromatic heterocycles. The molecule has 0 spiro atoms. The standard InChI is InChI=1S/C19H24N4O3S/c1-19(2,3)23-11-13(10-16(23)24)17(25)20-18-22-21-15(27-18)9-12-7-5-6-8-14(12)26-4/h5-8,13H,9-11H2,1-4H3,(H,20,22,25)/t13-/m0/s1. The lowest BCUT2D eigenvalue weighted by Gasteiger charge is -2.31. The number of carbonyl (C=O) groups is 2. The summed E-state index contributed by atoms with van der Waals surface area (Å²) in [7, 11) is 1.63. The maximum atomic E-state index is 12.5. The van der Waals surface area contributed by atoms with Crippen molar-refractivity contribution in [1.82, 2.24) is 15.1 Å². The molecule has 1 aromatic carbocycles. The van der Waals surface area contributed by atoms with E-state index >= 15 is 0 Å². The van der Waals surface area contributed by atoms with Gasteiger partial charge in [-0.3, -0.25) is 9.59 Å². The number of nitrogens with one attached hydrogen (secondary N) is 1. The van der Waals surface area contributed by atoms with Gasteiger partial charge in [-0.15, -0.1) is 10.2 Å². The third kappa shape index (κ3) is 4.44. The number of hydrogen-bond donors (Lipinski definition) is 1. The number of rotatable bonds is 5. The molecular formula is C19H24N4O3S. The van der Waals surface area contributed by atoms with E-state index in [0.29, 0.717) is 18.1 Å². The number of nitrogens with zero attached hydrogens (tertiary/aromatic N) is 3. The van der Waals surface area contributed by atoms with E-state index in [4.69, 9.17) is 4.74 Å². The van der Waals surface area contributed by atoms with Gasteiger partial charge in [-0.2, -0.15) is 0 Å². The third-order valence-corrected chi connectivity index (χ3v) is 5.38. The van der Waals surface area contributed by atoms with Gasteiger partial charge in [-0.1, -0.05) is 29.5 Å². The smallest absolute Gasteiger partial charge is 0.231 e. The lowest BCUT2D eigenvalue weighted by atomic mass is 10.1. The second-order valence-electron chi connectivity index (χ2n) is 7.56. The minimum atomic E-state index is -0.363. The Hall–Kier alpha value is -2.48. The second-order valence-corrected chi connectivity index (χ2v) is 8.62. The van der Waals surface area contributed by atoms with Crippen molar-refractivity contribution in [2.24, 2.45) is 5.92 Å². The molecule has 2 heterocycles. The van der Waals surface area contributed by atoms with Gasteiger partial charge in [0.25, 0.3) is 0 Å². The first-order valence-electron chi connectivity index (χ1n) is 8.83. The molecule has 0 aliphatic carbocycles. The number of ether oxygens (including phenoxy) is 1. The summed E-state index contributed by atoms with van der Waals surface area (Å²) in [5, 5.41) is 12.3. The maximum absolute atomic E-state index is 12.5. The van der Waals surface area contributed by atoms with Crippen LogP contribution in [0.2, 0.25) is 0 Å². The average molecular weight is 388 g/mol. The van der Waals surface area contributed by atoms with Crippen molar-refractivity contribution in [3.05, 3.63) is 34.8 Å². The fourth-order valence-electron chi connectivity index (χ4n) is 3.13. The number of benzene rings is 1. The Morgan fingerprint density at radius 3 is 2.74 bits per heavy atom. The number of likely N-dealkylation sites (tertiary alicyclic amines) is 1. The summed E-state index contributed by atoms with van der Waals surface area (Å²) in [6.45, 7) is 6.35. The Morgan fingerprint density at radius 2 is 2.07 bits per heavy atom. The van der Waals surface area contributed by atoms with E-state index < -0.39 is 0 Å². The van der Waals surface area contributed by atoms with Crippen molar-refractivity contribution in [3.8, 4) is 5.75 Å². The minimum Gasteiger partial charge on any atom is -0.496 e. The molecule has 3 rings (SSSR count). The van der Waals surface area contributed by atoms with Crippen LogP contribution in [0.1, 0.15) is 37.8 Å². The number of methoxy groups -OCH3 is 1. The van der Waals surface area contributed by atoms with Crippen LogP contribution in [0.4, 0.5) is 5.13 Å². The first kappa shape index (κ1) is 19.3. The summed E-state index contributed by atoms with van der Waals surface area (Å²) >= 11 is 1.33. The molecule has 27 heavy (non-hydrogen) atoms. The van der Waals surface area contributed by atoms with Crippen LogP contribution in [0, 0.1) is 5.92 Å². The van der Waals surface area contributed by atoms with E-state index in [0.717, 1.165) is 16.3 Å². The summed E-state index contributed by atoms with van der Waals surface area (Å²) in [4.78, 5) is 26.4. The zero-order valence-electron chi connectivity index (χ0n) is 16.0. The predicted molar refractivity (Wildman–Crippen MR) is 104 cm³/mol. The molecule has 1 saturated heterocycles. The van der Waals surface area contributed by atoms with Gasteiger partial charge in [0, 0.05) is 30.5 Å². The quantitative estimate of drug-likeness (QED) is 0.851. The number of hydrogen-bond acceptors (Lipinski definition) is 6. The second kappa shape index (κ2) is 7.64. The molecule has 0 unspecified atom stereocenters. The zero-order valence-corrected chi connectivity index (χ0v) is 16.8. The van der Waals surface area contributed by atoms with E-state index in [-0.39, 0.29) is 29.7 Å². The largest absolute Gasteiger partial charge is 0.496 e. The minimum absolute atomic E-state index is 0.0109.